The summed E-state index contributed by atoms with van der Waals surface area (Å²) in [5, 5.41) is 15.9. The summed E-state index contributed by atoms with van der Waals surface area (Å²) in [6.45, 7) is -0.0461. The number of benzene rings is 2. The number of carbonyl (C=O) groups is 2. The fraction of sp³-hybridized carbons (Fsp3) is 0.387. The minimum absolute atomic E-state index is 0.0391. The van der Waals surface area contributed by atoms with Crippen molar-refractivity contribution in [3.8, 4) is 34.4 Å². The van der Waals surface area contributed by atoms with Crippen molar-refractivity contribution in [3.05, 3.63) is 66.1 Å². The topological polar surface area (TPSA) is 143 Å². The Morgan fingerprint density at radius 1 is 1.02 bits per heavy atom. The summed E-state index contributed by atoms with van der Waals surface area (Å²) in [4.78, 5) is 30.7. The number of hydrogen-bond donors (Lipinski definition) is 1. The average Bonchev–Trinajstić information content (AvgIpc) is 3.84. The normalized spacial score (nSPS) is 15.0. The second-order valence-electron chi connectivity index (χ2n) is 10.7. The summed E-state index contributed by atoms with van der Waals surface area (Å²) in [5.41, 5.74) is 1.39. The first-order valence-electron chi connectivity index (χ1n) is 14.5. The third-order valence-corrected chi connectivity index (χ3v) is 7.81. The summed E-state index contributed by atoms with van der Waals surface area (Å²) < 4.78 is 27.5. The van der Waals surface area contributed by atoms with Crippen molar-refractivity contribution < 1.29 is 33.0 Å². The molecule has 0 unspecified atom stereocenters. The van der Waals surface area contributed by atoms with Crippen LogP contribution in [-0.2, 0) is 22.7 Å². The van der Waals surface area contributed by atoms with Crippen molar-refractivity contribution in [1.29, 1.82) is 0 Å². The van der Waals surface area contributed by atoms with Crippen LogP contribution in [0.25, 0.3) is 11.4 Å². The zero-order valence-corrected chi connectivity index (χ0v) is 24.6. The molecule has 1 N–H and O–H groups in total. The highest BCUT2D eigenvalue weighted by molar-refractivity contribution is 5.88. The van der Waals surface area contributed by atoms with Gasteiger partial charge >= 0.3 is 0 Å². The predicted octanol–water partition coefficient (Wildman–Crippen LogP) is 3.90. The Bertz CT molecular complexity index is 1600. The van der Waals surface area contributed by atoms with Crippen LogP contribution in [0.2, 0.25) is 0 Å². The maximum Gasteiger partial charge on any atom is 0.250 e. The highest BCUT2D eigenvalue weighted by Crippen LogP contribution is 2.34. The van der Waals surface area contributed by atoms with Crippen molar-refractivity contribution in [2.24, 2.45) is 0 Å². The molecule has 1 fully saturated rings. The minimum Gasteiger partial charge on any atom is -0.493 e. The second-order valence-corrected chi connectivity index (χ2v) is 10.7. The van der Waals surface area contributed by atoms with Crippen molar-refractivity contribution in [2.45, 2.75) is 57.3 Å². The monoisotopic (exact) mass is 602 g/mol. The van der Waals surface area contributed by atoms with Gasteiger partial charge in [-0.1, -0.05) is 25.3 Å². The van der Waals surface area contributed by atoms with E-state index in [0.717, 1.165) is 37.7 Å². The van der Waals surface area contributed by atoms with Crippen molar-refractivity contribution in [1.82, 2.24) is 30.4 Å². The maximum absolute atomic E-state index is 14.1. The predicted molar refractivity (Wildman–Crippen MR) is 156 cm³/mol. The number of hydrogen-bond acceptors (Lipinski definition) is 10. The molecule has 1 atom stereocenters. The number of aromatic nitrogens is 4. The van der Waals surface area contributed by atoms with Gasteiger partial charge in [0.1, 0.15) is 12.3 Å². The third-order valence-electron chi connectivity index (χ3n) is 7.81. The maximum atomic E-state index is 14.1. The number of nitrogens with zero attached hydrogens (tertiary/aromatic N) is 5. The molecule has 13 nitrogen and oxygen atoms in total. The van der Waals surface area contributed by atoms with Crippen molar-refractivity contribution in [2.75, 3.05) is 21.0 Å². The summed E-state index contributed by atoms with van der Waals surface area (Å²) in [5.74, 6) is 2.22. The van der Waals surface area contributed by atoms with Gasteiger partial charge in [-0.3, -0.25) is 9.59 Å². The summed E-state index contributed by atoms with van der Waals surface area (Å²) in [6.07, 6.45) is 6.54. The Labute approximate surface area is 254 Å². The molecular formula is C31H34N6O7. The molecule has 0 bridgehead atoms. The van der Waals surface area contributed by atoms with E-state index in [4.69, 9.17) is 23.4 Å². The molecule has 2 amide bonds. The van der Waals surface area contributed by atoms with E-state index in [-0.39, 0.29) is 31.8 Å². The first kappa shape index (κ1) is 29.0. The van der Waals surface area contributed by atoms with Gasteiger partial charge in [0.25, 0.3) is 5.91 Å². The number of fused-ring (bicyclic) bond motifs is 1. The Kier molecular flexibility index (Phi) is 8.62. The number of amides is 2. The fourth-order valence-electron chi connectivity index (χ4n) is 5.57. The van der Waals surface area contributed by atoms with Crippen LogP contribution in [0, 0.1) is 0 Å². The Hall–Kier alpha value is -5.07. The van der Waals surface area contributed by atoms with E-state index in [1.165, 1.54) is 16.0 Å². The van der Waals surface area contributed by atoms with Crippen LogP contribution < -0.4 is 24.3 Å². The fourth-order valence-corrected chi connectivity index (χ4v) is 5.57. The van der Waals surface area contributed by atoms with Gasteiger partial charge in [0.15, 0.2) is 29.0 Å². The Balaban J connectivity index is 1.29. The molecule has 1 saturated carbocycles. The van der Waals surface area contributed by atoms with Crippen molar-refractivity contribution in [3.63, 3.8) is 0 Å². The quantitative estimate of drug-likeness (QED) is 0.269. The first-order valence-corrected chi connectivity index (χ1v) is 14.5. The Morgan fingerprint density at radius 3 is 2.61 bits per heavy atom. The van der Waals surface area contributed by atoms with Crippen LogP contribution in [0.3, 0.4) is 0 Å². The SMILES string of the molecule is COc1ccc(-c2nnn(CC(=O)N(Cc3ccc4c(c3)OCO4)[C@@H](C(=O)NC3CCCCC3)c3ccco3)n2)cc1OC. The highest BCUT2D eigenvalue weighted by atomic mass is 16.7. The van der Waals surface area contributed by atoms with Crippen LogP contribution in [0.1, 0.15) is 49.5 Å². The van der Waals surface area contributed by atoms with Gasteiger partial charge in [0.2, 0.25) is 18.5 Å². The van der Waals surface area contributed by atoms with Gasteiger partial charge in [-0.05, 0) is 66.1 Å². The molecule has 1 aliphatic heterocycles. The zero-order valence-electron chi connectivity index (χ0n) is 24.6. The zero-order chi connectivity index (χ0) is 30.5. The van der Waals surface area contributed by atoms with Gasteiger partial charge in [-0.2, -0.15) is 4.80 Å². The molecule has 44 heavy (non-hydrogen) atoms. The lowest BCUT2D eigenvalue weighted by molar-refractivity contribution is -0.143. The van der Waals surface area contributed by atoms with E-state index in [9.17, 15) is 9.59 Å². The van der Waals surface area contributed by atoms with Gasteiger partial charge in [-0.15, -0.1) is 10.2 Å². The van der Waals surface area contributed by atoms with E-state index in [1.807, 2.05) is 12.1 Å². The van der Waals surface area contributed by atoms with E-state index in [0.29, 0.717) is 40.1 Å². The Morgan fingerprint density at radius 2 is 1.84 bits per heavy atom. The molecule has 0 spiro atoms. The van der Waals surface area contributed by atoms with E-state index in [2.05, 4.69) is 20.7 Å². The first-order chi connectivity index (χ1) is 21.5. The summed E-state index contributed by atoms with van der Waals surface area (Å²) in [6, 6.07) is 13.1. The van der Waals surface area contributed by atoms with Crippen LogP contribution in [-0.4, -0.2) is 64.0 Å². The standard InChI is InChI=1S/C31H34N6O7/c1-40-23-13-11-21(16-26(23)41-2)30-33-35-37(34-30)18-28(38)36(17-20-10-12-24-27(15-20)44-19-43-24)29(25-9-6-14-42-25)31(39)32-22-7-4-3-5-8-22/h6,9-16,22,29H,3-5,7-8,17-19H2,1-2H3,(H,32,39)/t29-/m1/s1. The number of nitrogens with one attached hydrogen (secondary N) is 1. The molecule has 4 aromatic rings. The lowest BCUT2D eigenvalue weighted by Gasteiger charge is -2.32. The van der Waals surface area contributed by atoms with Gasteiger partial charge in [0, 0.05) is 18.2 Å². The van der Waals surface area contributed by atoms with Gasteiger partial charge < -0.3 is 33.6 Å². The molecular weight excluding hydrogens is 568 g/mol. The molecule has 0 saturated heterocycles. The smallest absolute Gasteiger partial charge is 0.250 e. The molecule has 2 aliphatic rings. The van der Waals surface area contributed by atoms with E-state index < -0.39 is 11.9 Å². The highest BCUT2D eigenvalue weighted by Gasteiger charge is 2.35. The lowest BCUT2D eigenvalue weighted by atomic mass is 9.95. The summed E-state index contributed by atoms with van der Waals surface area (Å²) >= 11 is 0. The van der Waals surface area contributed by atoms with Crippen LogP contribution in [0.4, 0.5) is 0 Å². The molecule has 3 heterocycles. The van der Waals surface area contributed by atoms with Crippen LogP contribution in [0.15, 0.2) is 59.2 Å². The van der Waals surface area contributed by atoms with Gasteiger partial charge in [-0.25, -0.2) is 0 Å². The molecule has 230 valence electrons. The number of rotatable bonds is 11. The number of ether oxygens (including phenoxy) is 4. The number of furan rings is 1. The average molecular weight is 603 g/mol. The third kappa shape index (κ3) is 6.31. The molecule has 0 radical (unpaired) electrons. The molecule has 13 heteroatoms. The number of carbonyl (C=O) groups excluding carboxylic acids is 2. The van der Waals surface area contributed by atoms with E-state index >= 15 is 0 Å². The van der Waals surface area contributed by atoms with Crippen molar-refractivity contribution >= 4 is 11.8 Å². The van der Waals surface area contributed by atoms with Gasteiger partial charge in [0.05, 0.1) is 20.5 Å². The van der Waals surface area contributed by atoms with Crippen LogP contribution >= 0.6 is 0 Å². The second kappa shape index (κ2) is 13.1. The number of methoxy groups -OCH3 is 2. The van der Waals surface area contributed by atoms with Crippen LogP contribution in [0.5, 0.6) is 23.0 Å². The molecule has 2 aromatic heterocycles. The minimum atomic E-state index is -1.03. The molecule has 6 rings (SSSR count). The van der Waals surface area contributed by atoms with E-state index in [1.54, 1.807) is 50.6 Å². The lowest BCUT2D eigenvalue weighted by Crippen LogP contribution is -2.47. The molecule has 1 aliphatic carbocycles. The number of tetrazole rings is 1. The molecule has 2 aromatic carbocycles. The summed E-state index contributed by atoms with van der Waals surface area (Å²) in [7, 11) is 3.09. The largest absolute Gasteiger partial charge is 0.493 e.